The van der Waals surface area contributed by atoms with Crippen molar-refractivity contribution in [2.24, 2.45) is 4.99 Å². The summed E-state index contributed by atoms with van der Waals surface area (Å²) in [6.45, 7) is 1.39. The molecule has 1 spiro atoms. The largest absolute Gasteiger partial charge is 0.356 e. The fourth-order valence-electron chi connectivity index (χ4n) is 2.82. The Balaban J connectivity index is 1.75. The monoisotopic (exact) mass is 298 g/mol. The molecule has 3 heterocycles. The van der Waals surface area contributed by atoms with E-state index in [9.17, 15) is 4.79 Å². The normalized spacial score (nSPS) is 19.6. The highest BCUT2D eigenvalue weighted by Crippen LogP contribution is 2.31. The minimum Gasteiger partial charge on any atom is -0.356 e. The van der Waals surface area contributed by atoms with Gasteiger partial charge in [0.1, 0.15) is 11.4 Å². The van der Waals surface area contributed by atoms with Crippen molar-refractivity contribution in [1.29, 1.82) is 5.26 Å². The third kappa shape index (κ3) is 2.37. The molecule has 3 rings (SSSR count). The van der Waals surface area contributed by atoms with E-state index in [1.165, 1.54) is 0 Å². The number of amides is 1. The summed E-state index contributed by atoms with van der Waals surface area (Å²) in [5.74, 6) is 1.39. The molecule has 0 aliphatic carbocycles. The highest BCUT2D eigenvalue weighted by molar-refractivity contribution is 6.07. The van der Waals surface area contributed by atoms with Gasteiger partial charge in [0.2, 0.25) is 5.96 Å². The summed E-state index contributed by atoms with van der Waals surface area (Å²) in [5.41, 5.74) is -0.0556. The molecule has 2 aliphatic heterocycles. The minimum absolute atomic E-state index is 0.0189. The van der Waals surface area contributed by atoms with Gasteiger partial charge in [0.15, 0.2) is 0 Å². The first-order valence-electron chi connectivity index (χ1n) is 7.24. The van der Waals surface area contributed by atoms with Crippen LogP contribution < -0.4 is 10.2 Å². The molecule has 0 unspecified atom stereocenters. The maximum absolute atomic E-state index is 12.3. The molecule has 7 nitrogen and oxygen atoms in total. The number of nitriles is 1. The van der Waals surface area contributed by atoms with E-state index in [1.54, 1.807) is 18.3 Å². The van der Waals surface area contributed by atoms with Crippen LogP contribution in [-0.4, -0.2) is 54.5 Å². The molecule has 0 atom stereocenters. The van der Waals surface area contributed by atoms with Crippen molar-refractivity contribution in [1.82, 2.24) is 15.2 Å². The lowest BCUT2D eigenvalue weighted by atomic mass is 9.88. The second-order valence-electron chi connectivity index (χ2n) is 5.82. The standard InChI is InChI=1S/C15H18N6O/c1-20(2)14-18-13(22)15(19-14)4-7-21(8-5-15)12-9-11(10-16)3-6-17-12/h3,6,9H,4-5,7-8H2,1-2H3,(H,18,19,22). The number of piperidine rings is 1. The Labute approximate surface area is 129 Å². The molecule has 22 heavy (non-hydrogen) atoms. The van der Waals surface area contributed by atoms with Gasteiger partial charge in [-0.2, -0.15) is 5.26 Å². The number of hydrogen-bond donors (Lipinski definition) is 1. The average Bonchev–Trinajstić information content (AvgIpc) is 2.85. The van der Waals surface area contributed by atoms with Crippen LogP contribution >= 0.6 is 0 Å². The van der Waals surface area contributed by atoms with Crippen LogP contribution in [0.1, 0.15) is 18.4 Å². The number of rotatable bonds is 1. The maximum atomic E-state index is 12.3. The zero-order valence-corrected chi connectivity index (χ0v) is 12.7. The smallest absolute Gasteiger partial charge is 0.254 e. The Hall–Kier alpha value is -2.62. The first-order chi connectivity index (χ1) is 10.5. The number of hydrogen-bond acceptors (Lipinski definition) is 6. The van der Waals surface area contributed by atoms with E-state index in [2.05, 4.69) is 26.3 Å². The second kappa shape index (κ2) is 5.30. The highest BCUT2D eigenvalue weighted by atomic mass is 16.2. The lowest BCUT2D eigenvalue weighted by Gasteiger charge is -2.36. The minimum atomic E-state index is -0.650. The van der Waals surface area contributed by atoms with Crippen molar-refractivity contribution in [3.8, 4) is 6.07 Å². The summed E-state index contributed by atoms with van der Waals surface area (Å²) in [7, 11) is 3.73. The Morgan fingerprint density at radius 3 is 2.73 bits per heavy atom. The number of anilines is 1. The molecule has 0 saturated carbocycles. The van der Waals surface area contributed by atoms with Crippen LogP contribution in [0.25, 0.3) is 0 Å². The molecule has 1 amide bonds. The average molecular weight is 298 g/mol. The molecule has 0 bridgehead atoms. The fraction of sp³-hybridized carbons (Fsp3) is 0.467. The number of nitrogens with one attached hydrogen (secondary N) is 1. The predicted octanol–water partition coefficient (Wildman–Crippen LogP) is 0.340. The Kier molecular flexibility index (Phi) is 3.45. The van der Waals surface area contributed by atoms with E-state index >= 15 is 0 Å². The molecule has 1 saturated heterocycles. The summed E-state index contributed by atoms with van der Waals surface area (Å²) >= 11 is 0. The van der Waals surface area contributed by atoms with E-state index in [0.717, 1.165) is 5.82 Å². The van der Waals surface area contributed by atoms with Crippen LogP contribution in [0.4, 0.5) is 5.82 Å². The van der Waals surface area contributed by atoms with Crippen LogP contribution in [-0.2, 0) is 4.79 Å². The van der Waals surface area contributed by atoms with Crippen LogP contribution in [0.5, 0.6) is 0 Å². The number of aliphatic imine (C=N–C) groups is 1. The number of nitrogens with zero attached hydrogens (tertiary/aromatic N) is 5. The summed E-state index contributed by atoms with van der Waals surface area (Å²) in [6.07, 6.45) is 2.94. The Morgan fingerprint density at radius 2 is 2.14 bits per heavy atom. The molecule has 1 aromatic heterocycles. The number of carbonyl (C=O) groups excluding carboxylic acids is 1. The van der Waals surface area contributed by atoms with Gasteiger partial charge in [0.25, 0.3) is 5.91 Å². The Bertz CT molecular complexity index is 667. The number of pyridine rings is 1. The number of aromatic nitrogens is 1. The van der Waals surface area contributed by atoms with Gasteiger partial charge in [0.05, 0.1) is 11.6 Å². The third-order valence-corrected chi connectivity index (χ3v) is 4.18. The van der Waals surface area contributed by atoms with Gasteiger partial charge >= 0.3 is 0 Å². The first-order valence-corrected chi connectivity index (χ1v) is 7.24. The van der Waals surface area contributed by atoms with Crippen LogP contribution in [0, 0.1) is 11.3 Å². The molecular weight excluding hydrogens is 280 g/mol. The second-order valence-corrected chi connectivity index (χ2v) is 5.82. The van der Waals surface area contributed by atoms with Crippen molar-refractivity contribution in [3.05, 3.63) is 23.9 Å². The van der Waals surface area contributed by atoms with Crippen molar-refractivity contribution in [3.63, 3.8) is 0 Å². The summed E-state index contributed by atoms with van der Waals surface area (Å²) in [5, 5.41) is 11.8. The lowest BCUT2D eigenvalue weighted by molar-refractivity contribution is -0.124. The van der Waals surface area contributed by atoms with Gasteiger partial charge < -0.3 is 9.80 Å². The topological polar surface area (TPSA) is 84.6 Å². The molecule has 0 radical (unpaired) electrons. The van der Waals surface area contributed by atoms with E-state index in [0.29, 0.717) is 37.5 Å². The van der Waals surface area contributed by atoms with Crippen molar-refractivity contribution >= 4 is 17.7 Å². The van der Waals surface area contributed by atoms with Gasteiger partial charge in [-0.25, -0.2) is 9.98 Å². The molecule has 114 valence electrons. The van der Waals surface area contributed by atoms with Gasteiger partial charge in [-0.1, -0.05) is 0 Å². The third-order valence-electron chi connectivity index (χ3n) is 4.18. The quantitative estimate of drug-likeness (QED) is 0.808. The summed E-state index contributed by atoms with van der Waals surface area (Å²) < 4.78 is 0. The van der Waals surface area contributed by atoms with E-state index in [4.69, 9.17) is 5.26 Å². The first kappa shape index (κ1) is 14.3. The van der Waals surface area contributed by atoms with Crippen LogP contribution in [0.2, 0.25) is 0 Å². The number of carbonyl (C=O) groups is 1. The number of guanidine groups is 1. The van der Waals surface area contributed by atoms with E-state index in [1.807, 2.05) is 19.0 Å². The van der Waals surface area contributed by atoms with Gasteiger partial charge in [-0.3, -0.25) is 10.1 Å². The van der Waals surface area contributed by atoms with E-state index in [-0.39, 0.29) is 5.91 Å². The molecule has 7 heteroatoms. The SMILES string of the molecule is CN(C)C1=NC2(CCN(c3cc(C#N)ccn3)CC2)C(=O)N1. The van der Waals surface area contributed by atoms with Crippen LogP contribution in [0.15, 0.2) is 23.3 Å². The molecule has 1 fully saturated rings. The van der Waals surface area contributed by atoms with Gasteiger partial charge in [-0.05, 0) is 25.0 Å². The zero-order valence-electron chi connectivity index (χ0n) is 12.7. The van der Waals surface area contributed by atoms with Crippen molar-refractivity contribution < 1.29 is 4.79 Å². The molecule has 0 aromatic carbocycles. The summed E-state index contributed by atoms with van der Waals surface area (Å²) in [4.78, 5) is 25.1. The van der Waals surface area contributed by atoms with Crippen molar-refractivity contribution in [2.75, 3.05) is 32.1 Å². The highest BCUT2D eigenvalue weighted by Gasteiger charge is 2.46. The predicted molar refractivity (Wildman–Crippen MR) is 82.4 cm³/mol. The van der Waals surface area contributed by atoms with Crippen LogP contribution in [0.3, 0.4) is 0 Å². The van der Waals surface area contributed by atoms with Crippen molar-refractivity contribution in [2.45, 2.75) is 18.4 Å². The van der Waals surface area contributed by atoms with Gasteiger partial charge in [-0.15, -0.1) is 0 Å². The fourth-order valence-corrected chi connectivity index (χ4v) is 2.82. The summed E-state index contributed by atoms with van der Waals surface area (Å²) in [6, 6.07) is 5.59. The molecular formula is C15H18N6O. The van der Waals surface area contributed by atoms with E-state index < -0.39 is 5.54 Å². The zero-order chi connectivity index (χ0) is 15.7. The van der Waals surface area contributed by atoms with Gasteiger partial charge in [0, 0.05) is 33.4 Å². The molecule has 2 aliphatic rings. The maximum Gasteiger partial charge on any atom is 0.254 e. The lowest BCUT2D eigenvalue weighted by Crippen LogP contribution is -2.49. The molecule has 1 N–H and O–H groups in total. The molecule has 1 aromatic rings. The Morgan fingerprint density at radius 1 is 1.41 bits per heavy atom.